The van der Waals surface area contributed by atoms with E-state index in [2.05, 4.69) is 189 Å². The summed E-state index contributed by atoms with van der Waals surface area (Å²) in [6, 6.07) is 73.8. The standard InChI is InChI=1S/C64H46N2/c1-63(2)57-29-17-15-27-51(57)53-36-32-48(40-59(53)63)66(47-25-13-6-14-26-47)50-34-37-55-52-28-16-18-30-58(52)64(61(55)42-50)60-39-44(43-19-7-3-8-20-43)31-35-54(60)56-38-33-49(41-62(56)64)65(45-21-9-4-10-22-45)46-23-11-5-12-24-46/h3-42H,1-2H3/i4D,9D,10D,21D,22D. The van der Waals surface area contributed by atoms with Crippen molar-refractivity contribution < 1.29 is 6.85 Å². The Labute approximate surface area is 394 Å². The molecular formula is C64H46N2. The Bertz CT molecular complexity index is 3790. The number of rotatable bonds is 7. The maximum absolute atomic E-state index is 9.27. The van der Waals surface area contributed by atoms with Gasteiger partial charge in [-0.3, -0.25) is 0 Å². The molecular weight excluding hydrogens is 797 g/mol. The molecule has 0 aromatic heterocycles. The van der Waals surface area contributed by atoms with Crippen LogP contribution in [0.25, 0.3) is 44.5 Å². The van der Waals surface area contributed by atoms with E-state index in [4.69, 9.17) is 4.11 Å². The maximum atomic E-state index is 9.27. The van der Waals surface area contributed by atoms with Gasteiger partial charge in [0, 0.05) is 39.5 Å². The largest absolute Gasteiger partial charge is 0.310 e. The molecule has 0 heterocycles. The number of fused-ring (bicyclic) bond motifs is 13. The van der Waals surface area contributed by atoms with Crippen LogP contribution in [0.4, 0.5) is 34.1 Å². The van der Waals surface area contributed by atoms with Crippen molar-refractivity contribution in [3.63, 3.8) is 0 Å². The van der Waals surface area contributed by atoms with Crippen molar-refractivity contribution in [1.82, 2.24) is 0 Å². The summed E-state index contributed by atoms with van der Waals surface area (Å²) in [6.07, 6.45) is 0. The van der Waals surface area contributed by atoms with Crippen LogP contribution >= 0.6 is 0 Å². The van der Waals surface area contributed by atoms with Gasteiger partial charge >= 0.3 is 0 Å². The summed E-state index contributed by atoms with van der Waals surface area (Å²) in [7, 11) is 0. The molecule has 0 bridgehead atoms. The van der Waals surface area contributed by atoms with E-state index in [1.807, 2.05) is 47.4 Å². The molecule has 0 aliphatic heterocycles. The fraction of sp³-hybridized carbons (Fsp3) is 0.0625. The van der Waals surface area contributed by atoms with Gasteiger partial charge in [-0.2, -0.15) is 0 Å². The number of hydrogen-bond acceptors (Lipinski definition) is 2. The second-order valence-corrected chi connectivity index (χ2v) is 18.1. The third-order valence-corrected chi connectivity index (χ3v) is 14.3. The zero-order chi connectivity index (χ0) is 48.3. The van der Waals surface area contributed by atoms with Gasteiger partial charge in [0.2, 0.25) is 0 Å². The summed E-state index contributed by atoms with van der Waals surface area (Å²) in [5.41, 5.74) is 20.0. The molecule has 0 saturated heterocycles. The zero-order valence-electron chi connectivity index (χ0n) is 41.6. The van der Waals surface area contributed by atoms with Crippen LogP contribution in [0.5, 0.6) is 0 Å². The topological polar surface area (TPSA) is 6.48 Å². The number of anilines is 6. The first-order chi connectivity index (χ1) is 34.6. The number of hydrogen-bond donors (Lipinski definition) is 0. The smallest absolute Gasteiger partial charge is 0.0727 e. The minimum absolute atomic E-state index is 0.0895. The Morgan fingerprint density at radius 2 is 0.712 bits per heavy atom. The Balaban J connectivity index is 1.09. The summed E-state index contributed by atoms with van der Waals surface area (Å²) >= 11 is 0. The van der Waals surface area contributed by atoms with Crippen LogP contribution in [0.15, 0.2) is 243 Å². The first-order valence-electron chi connectivity index (χ1n) is 25.2. The molecule has 0 saturated carbocycles. The van der Waals surface area contributed by atoms with Crippen LogP contribution < -0.4 is 9.80 Å². The highest BCUT2D eigenvalue weighted by atomic mass is 15.1. The lowest BCUT2D eigenvalue weighted by Crippen LogP contribution is -2.26. The van der Waals surface area contributed by atoms with Crippen molar-refractivity contribution in [3.05, 3.63) is 276 Å². The van der Waals surface area contributed by atoms with Gasteiger partial charge in [0.1, 0.15) is 0 Å². The number of nitrogens with zero attached hydrogens (tertiary/aromatic N) is 2. The summed E-state index contributed by atoms with van der Waals surface area (Å²) in [5.74, 6) is 0. The van der Waals surface area contributed by atoms with Crippen molar-refractivity contribution in [3.8, 4) is 44.5 Å². The van der Waals surface area contributed by atoms with Crippen molar-refractivity contribution >= 4 is 34.1 Å². The molecule has 3 aliphatic rings. The van der Waals surface area contributed by atoms with Crippen molar-refractivity contribution in [2.24, 2.45) is 0 Å². The molecule has 66 heavy (non-hydrogen) atoms. The predicted octanol–water partition coefficient (Wildman–Crippen LogP) is 16.9. The van der Waals surface area contributed by atoms with Crippen LogP contribution in [-0.4, -0.2) is 0 Å². The van der Waals surface area contributed by atoms with Gasteiger partial charge in [0.15, 0.2) is 0 Å². The van der Waals surface area contributed by atoms with Crippen LogP contribution in [0, 0.1) is 0 Å². The molecule has 2 heteroatoms. The highest BCUT2D eigenvalue weighted by molar-refractivity contribution is 5.98. The average Bonchev–Trinajstić information content (AvgIpc) is 3.97. The van der Waals surface area contributed by atoms with Crippen LogP contribution in [0.1, 0.15) is 54.1 Å². The molecule has 312 valence electrons. The first-order valence-corrected chi connectivity index (χ1v) is 22.7. The van der Waals surface area contributed by atoms with Crippen molar-refractivity contribution in [2.75, 3.05) is 9.80 Å². The molecule has 1 unspecified atom stereocenters. The van der Waals surface area contributed by atoms with E-state index in [9.17, 15) is 2.74 Å². The summed E-state index contributed by atoms with van der Waals surface area (Å²) < 4.78 is 44.6. The van der Waals surface area contributed by atoms with Gasteiger partial charge in [-0.25, -0.2) is 0 Å². The average molecular weight is 848 g/mol. The van der Waals surface area contributed by atoms with E-state index in [-0.39, 0.29) is 35.3 Å². The number of benzene rings is 10. The minimum atomic E-state index is -0.834. The van der Waals surface area contributed by atoms with E-state index >= 15 is 0 Å². The Morgan fingerprint density at radius 3 is 1.29 bits per heavy atom. The molecule has 13 rings (SSSR count). The molecule has 1 spiro atoms. The number of para-hydroxylation sites is 3. The fourth-order valence-electron chi connectivity index (χ4n) is 11.4. The van der Waals surface area contributed by atoms with Crippen LogP contribution in [0.3, 0.4) is 0 Å². The maximum Gasteiger partial charge on any atom is 0.0727 e. The normalized spacial score (nSPS) is 16.4. The lowest BCUT2D eigenvalue weighted by molar-refractivity contribution is 0.660. The molecule has 10 aromatic carbocycles. The van der Waals surface area contributed by atoms with E-state index in [0.717, 1.165) is 72.7 Å². The zero-order valence-corrected chi connectivity index (χ0v) is 36.6. The molecule has 2 nitrogen and oxygen atoms in total. The second kappa shape index (κ2) is 14.7. The highest BCUT2D eigenvalue weighted by Crippen LogP contribution is 2.64. The lowest BCUT2D eigenvalue weighted by atomic mass is 9.70. The van der Waals surface area contributed by atoms with Gasteiger partial charge in [-0.15, -0.1) is 0 Å². The second-order valence-electron chi connectivity index (χ2n) is 18.1. The van der Waals surface area contributed by atoms with Gasteiger partial charge in [-0.05, 0) is 157 Å². The molecule has 0 fully saturated rings. The first kappa shape index (κ1) is 33.3. The van der Waals surface area contributed by atoms with Gasteiger partial charge in [0.05, 0.1) is 12.3 Å². The Kier molecular flexibility index (Phi) is 7.41. The van der Waals surface area contributed by atoms with E-state index in [1.165, 1.54) is 22.3 Å². The van der Waals surface area contributed by atoms with Crippen LogP contribution in [0.2, 0.25) is 0 Å². The van der Waals surface area contributed by atoms with Crippen molar-refractivity contribution in [1.29, 1.82) is 0 Å². The monoisotopic (exact) mass is 847 g/mol. The predicted molar refractivity (Wildman–Crippen MR) is 275 cm³/mol. The van der Waals surface area contributed by atoms with E-state index in [0.29, 0.717) is 11.4 Å². The molecule has 0 amide bonds. The molecule has 10 aromatic rings. The van der Waals surface area contributed by atoms with Gasteiger partial charge in [-0.1, -0.05) is 178 Å². The SMILES string of the molecule is [2H]c1c([2H])c([2H])c(N(c2ccccc2)c2ccc3c(c2)C2(c4ccccc4-c4ccc(N(c5ccccc5)c5ccc6c(c5)C(C)(C)c5ccccc5-6)cc42)c2cc(-c4ccccc4)ccc2-3)c([2H])c1[2H]. The summed E-state index contributed by atoms with van der Waals surface area (Å²) in [5, 5.41) is 0. The third-order valence-electron chi connectivity index (χ3n) is 14.3. The Hall–Kier alpha value is -8.20. The van der Waals surface area contributed by atoms with Crippen LogP contribution in [-0.2, 0) is 10.8 Å². The summed E-state index contributed by atoms with van der Waals surface area (Å²) in [6.45, 7) is 4.66. The molecule has 3 aliphatic carbocycles. The van der Waals surface area contributed by atoms with Gasteiger partial charge in [0.25, 0.3) is 0 Å². The van der Waals surface area contributed by atoms with E-state index < -0.39 is 11.5 Å². The van der Waals surface area contributed by atoms with Crippen molar-refractivity contribution in [2.45, 2.75) is 24.7 Å². The van der Waals surface area contributed by atoms with Gasteiger partial charge < -0.3 is 9.80 Å². The fourth-order valence-corrected chi connectivity index (χ4v) is 11.4. The van der Waals surface area contributed by atoms with E-state index in [1.54, 1.807) is 0 Å². The highest BCUT2D eigenvalue weighted by Gasteiger charge is 2.52. The lowest BCUT2D eigenvalue weighted by Gasteiger charge is -2.33. The quantitative estimate of drug-likeness (QED) is 0.158. The molecule has 0 radical (unpaired) electrons. The minimum Gasteiger partial charge on any atom is -0.310 e. The third kappa shape index (κ3) is 5.55. The summed E-state index contributed by atoms with van der Waals surface area (Å²) in [4.78, 5) is 4.22. The molecule has 1 atom stereocenters. The Morgan fingerprint density at radius 1 is 0.303 bits per heavy atom. The molecule has 0 N–H and O–H groups in total.